The molecular weight excluding hydrogens is 298 g/mol. The fourth-order valence-corrected chi connectivity index (χ4v) is 3.71. The Morgan fingerprint density at radius 2 is 1.92 bits per heavy atom. The molecule has 1 aromatic carbocycles. The van der Waals surface area contributed by atoms with Gasteiger partial charge in [-0.3, -0.25) is 9.69 Å². The highest BCUT2D eigenvalue weighted by Crippen LogP contribution is 2.39. The predicted octanol–water partition coefficient (Wildman–Crippen LogP) is 2.75. The molecule has 1 saturated carbocycles. The fraction of sp³-hybridized carbons (Fsp3) is 0.600. The molecule has 4 nitrogen and oxygen atoms in total. The van der Waals surface area contributed by atoms with Crippen LogP contribution in [0.2, 0.25) is 0 Å². The van der Waals surface area contributed by atoms with Crippen LogP contribution in [0.1, 0.15) is 38.2 Å². The number of amides is 1. The summed E-state index contributed by atoms with van der Waals surface area (Å²) in [7, 11) is 0. The number of hydrogen-bond acceptors (Lipinski definition) is 3. The van der Waals surface area contributed by atoms with Gasteiger partial charge in [-0.25, -0.2) is 0 Å². The lowest BCUT2D eigenvalue weighted by Gasteiger charge is -2.32. The van der Waals surface area contributed by atoms with E-state index in [9.17, 15) is 10.1 Å². The molecule has 1 aromatic rings. The molecule has 1 aliphatic carbocycles. The van der Waals surface area contributed by atoms with Gasteiger partial charge in [0.25, 0.3) is 0 Å². The molecule has 3 rings (SSSR count). The van der Waals surface area contributed by atoms with Gasteiger partial charge in [0.1, 0.15) is 5.54 Å². The highest BCUT2D eigenvalue weighted by molar-refractivity contribution is 5.79. The third-order valence-corrected chi connectivity index (χ3v) is 5.47. The Kier molecular flexibility index (Phi) is 5.20. The maximum Gasteiger partial charge on any atom is 0.235 e. The zero-order valence-electron chi connectivity index (χ0n) is 14.5. The second-order valence-electron chi connectivity index (χ2n) is 7.55. The van der Waals surface area contributed by atoms with Crippen LogP contribution in [0.25, 0.3) is 0 Å². The molecule has 0 aromatic heterocycles. The summed E-state index contributed by atoms with van der Waals surface area (Å²) >= 11 is 0. The minimum Gasteiger partial charge on any atom is -0.337 e. The van der Waals surface area contributed by atoms with Crippen LogP contribution in [0.15, 0.2) is 30.3 Å². The highest BCUT2D eigenvalue weighted by atomic mass is 16.2. The molecule has 2 fully saturated rings. The molecule has 1 unspecified atom stereocenters. The van der Waals surface area contributed by atoms with Crippen LogP contribution in [-0.4, -0.2) is 36.0 Å². The van der Waals surface area contributed by atoms with Crippen LogP contribution < -0.4 is 5.32 Å². The predicted molar refractivity (Wildman–Crippen MR) is 94.2 cm³/mol. The van der Waals surface area contributed by atoms with E-state index in [1.54, 1.807) is 0 Å². The molecule has 1 saturated heterocycles. The molecule has 1 N–H and O–H groups in total. The number of carbonyl (C=O) groups excluding carboxylic acids is 1. The van der Waals surface area contributed by atoms with Crippen molar-refractivity contribution in [1.29, 1.82) is 5.26 Å². The van der Waals surface area contributed by atoms with Crippen molar-refractivity contribution in [2.75, 3.05) is 19.6 Å². The number of hydrogen-bond donors (Lipinski definition) is 1. The second-order valence-corrected chi connectivity index (χ2v) is 7.55. The Bertz CT molecular complexity index is 597. The second kappa shape index (κ2) is 7.36. The molecule has 1 aliphatic heterocycles. The minimum absolute atomic E-state index is 0.00698. The topological polar surface area (TPSA) is 56.1 Å². The van der Waals surface area contributed by atoms with E-state index in [2.05, 4.69) is 46.6 Å². The number of carbonyl (C=O) groups is 1. The quantitative estimate of drug-likeness (QED) is 0.875. The zero-order chi connectivity index (χ0) is 17.0. The molecule has 4 heteroatoms. The van der Waals surface area contributed by atoms with Crippen LogP contribution in [0.3, 0.4) is 0 Å². The molecule has 0 radical (unpaired) electrons. The third kappa shape index (κ3) is 4.36. The largest absolute Gasteiger partial charge is 0.337 e. The van der Waals surface area contributed by atoms with Crippen molar-refractivity contribution in [1.82, 2.24) is 10.2 Å². The lowest BCUT2D eigenvalue weighted by atomic mass is 9.90. The van der Waals surface area contributed by atoms with Gasteiger partial charge < -0.3 is 5.32 Å². The van der Waals surface area contributed by atoms with Crippen LogP contribution in [-0.2, 0) is 11.2 Å². The van der Waals surface area contributed by atoms with Gasteiger partial charge in [-0.15, -0.1) is 0 Å². The maximum atomic E-state index is 12.3. The summed E-state index contributed by atoms with van der Waals surface area (Å²) in [6.45, 7) is 4.21. The third-order valence-electron chi connectivity index (χ3n) is 5.47. The van der Waals surface area contributed by atoms with Gasteiger partial charge in [0, 0.05) is 0 Å². The lowest BCUT2D eigenvalue weighted by molar-refractivity contribution is -0.124. The number of likely N-dealkylation sites (tertiary alicyclic amines) is 1. The maximum absolute atomic E-state index is 12.3. The fourth-order valence-electron chi connectivity index (χ4n) is 3.71. The van der Waals surface area contributed by atoms with Gasteiger partial charge in [-0.05, 0) is 69.5 Å². The minimum atomic E-state index is -0.678. The van der Waals surface area contributed by atoms with Crippen molar-refractivity contribution in [2.45, 2.75) is 44.6 Å². The van der Waals surface area contributed by atoms with Gasteiger partial charge in [-0.1, -0.05) is 30.3 Å². The van der Waals surface area contributed by atoms with Gasteiger partial charge >= 0.3 is 0 Å². The van der Waals surface area contributed by atoms with E-state index in [-0.39, 0.29) is 5.91 Å². The number of nitrogens with one attached hydrogen (secondary N) is 1. The van der Waals surface area contributed by atoms with E-state index < -0.39 is 5.54 Å². The lowest BCUT2D eigenvalue weighted by Crippen LogP contribution is -2.51. The van der Waals surface area contributed by atoms with Crippen molar-refractivity contribution in [3.8, 4) is 6.07 Å². The molecule has 0 bridgehead atoms. The van der Waals surface area contributed by atoms with E-state index in [1.165, 1.54) is 5.56 Å². The summed E-state index contributed by atoms with van der Waals surface area (Å²) in [6.07, 6.45) is 5.51. The first kappa shape index (κ1) is 17.0. The molecule has 1 amide bonds. The summed E-state index contributed by atoms with van der Waals surface area (Å²) in [5.74, 6) is 1.04. The zero-order valence-corrected chi connectivity index (χ0v) is 14.5. The van der Waals surface area contributed by atoms with Gasteiger partial charge in [0.2, 0.25) is 5.91 Å². The smallest absolute Gasteiger partial charge is 0.235 e. The standard InChI is InChI=1S/C20H27N3O/c1-20(15-21,18-7-8-18)22-19(24)14-23-11-9-17(10-12-23)13-16-5-3-2-4-6-16/h2-6,17-18H,7-14H2,1H3,(H,22,24). The van der Waals surface area contributed by atoms with Crippen molar-refractivity contribution in [3.63, 3.8) is 0 Å². The van der Waals surface area contributed by atoms with E-state index >= 15 is 0 Å². The van der Waals surface area contributed by atoms with Gasteiger partial charge in [0.05, 0.1) is 12.6 Å². The SMILES string of the molecule is CC(C#N)(NC(=O)CN1CCC(Cc2ccccc2)CC1)C1CC1. The van der Waals surface area contributed by atoms with E-state index in [0.29, 0.717) is 18.4 Å². The summed E-state index contributed by atoms with van der Waals surface area (Å²) in [5, 5.41) is 12.3. The van der Waals surface area contributed by atoms with Crippen LogP contribution in [0.5, 0.6) is 0 Å². The number of nitriles is 1. The van der Waals surface area contributed by atoms with E-state index in [4.69, 9.17) is 0 Å². The van der Waals surface area contributed by atoms with Crippen molar-refractivity contribution >= 4 is 5.91 Å². The first-order valence-corrected chi connectivity index (χ1v) is 9.07. The molecule has 1 atom stereocenters. The Balaban J connectivity index is 1.42. The monoisotopic (exact) mass is 325 g/mol. The number of piperidine rings is 1. The average molecular weight is 325 g/mol. The van der Waals surface area contributed by atoms with Crippen molar-refractivity contribution in [2.24, 2.45) is 11.8 Å². The average Bonchev–Trinajstić information content (AvgIpc) is 3.43. The Morgan fingerprint density at radius 1 is 1.25 bits per heavy atom. The Labute approximate surface area is 144 Å². The van der Waals surface area contributed by atoms with Crippen LogP contribution in [0.4, 0.5) is 0 Å². The highest BCUT2D eigenvalue weighted by Gasteiger charge is 2.43. The molecule has 128 valence electrons. The van der Waals surface area contributed by atoms with E-state index in [1.807, 2.05) is 6.92 Å². The first-order valence-electron chi connectivity index (χ1n) is 9.07. The normalized spacial score (nSPS) is 21.7. The number of benzene rings is 1. The molecule has 2 aliphatic rings. The van der Waals surface area contributed by atoms with Crippen molar-refractivity contribution in [3.05, 3.63) is 35.9 Å². The Hall–Kier alpha value is -1.86. The molecule has 24 heavy (non-hydrogen) atoms. The van der Waals surface area contributed by atoms with Crippen LogP contribution in [0, 0.1) is 23.2 Å². The van der Waals surface area contributed by atoms with Gasteiger partial charge in [-0.2, -0.15) is 5.26 Å². The molecular formula is C20H27N3O. The summed E-state index contributed by atoms with van der Waals surface area (Å²) in [5.41, 5.74) is 0.728. The van der Waals surface area contributed by atoms with Crippen molar-refractivity contribution < 1.29 is 4.79 Å². The Morgan fingerprint density at radius 3 is 2.50 bits per heavy atom. The number of rotatable bonds is 6. The summed E-state index contributed by atoms with van der Waals surface area (Å²) < 4.78 is 0. The first-order chi connectivity index (χ1) is 11.6. The molecule has 0 spiro atoms. The van der Waals surface area contributed by atoms with Gasteiger partial charge in [0.15, 0.2) is 0 Å². The summed E-state index contributed by atoms with van der Waals surface area (Å²) in [6, 6.07) is 12.9. The molecule has 1 heterocycles. The number of nitrogens with zero attached hydrogens (tertiary/aromatic N) is 2. The van der Waals surface area contributed by atoms with Crippen LogP contribution >= 0.6 is 0 Å². The van der Waals surface area contributed by atoms with E-state index in [0.717, 1.165) is 45.2 Å². The summed E-state index contributed by atoms with van der Waals surface area (Å²) in [4.78, 5) is 14.5.